The van der Waals surface area contributed by atoms with Crippen LogP contribution in [0, 0.1) is 0 Å². The summed E-state index contributed by atoms with van der Waals surface area (Å²) in [5.41, 5.74) is 2.93. The molecule has 2 rings (SSSR count). The van der Waals surface area contributed by atoms with Crippen molar-refractivity contribution < 1.29 is 35.6 Å². The molecule has 0 heterocycles. The molecule has 19 heavy (non-hydrogen) atoms. The van der Waals surface area contributed by atoms with Crippen molar-refractivity contribution in [3.63, 3.8) is 0 Å². The van der Waals surface area contributed by atoms with Crippen LogP contribution in [0.15, 0.2) is 48.5 Å². The Hall–Kier alpha value is -0.557. The molecule has 104 valence electrons. The fourth-order valence-electron chi connectivity index (χ4n) is 1.74. The minimum absolute atomic E-state index is 0. The summed E-state index contributed by atoms with van der Waals surface area (Å²) < 4.78 is 0. The van der Waals surface area contributed by atoms with Crippen LogP contribution < -0.4 is 9.41 Å². The van der Waals surface area contributed by atoms with Crippen molar-refractivity contribution in [3.05, 3.63) is 59.7 Å². The zero-order valence-electron chi connectivity index (χ0n) is 11.7. The van der Waals surface area contributed by atoms with Gasteiger partial charge < -0.3 is 9.41 Å². The molecule has 0 aromatic heterocycles. The van der Waals surface area contributed by atoms with Crippen molar-refractivity contribution in [1.82, 2.24) is 0 Å². The average molecular weight is 344 g/mol. The summed E-state index contributed by atoms with van der Waals surface area (Å²) in [5.74, 6) is 0. The molecule has 3 heteroatoms. The van der Waals surface area contributed by atoms with E-state index in [0.717, 1.165) is 0 Å². The van der Waals surface area contributed by atoms with Crippen LogP contribution in [0.1, 0.15) is 37.8 Å². The molecule has 0 unspecified atom stereocenters. The van der Waals surface area contributed by atoms with Crippen LogP contribution in [-0.2, 0) is 39.0 Å². The van der Waals surface area contributed by atoms with E-state index in [9.17, 15) is 0 Å². The molecule has 0 aliphatic carbocycles. The summed E-state index contributed by atoms with van der Waals surface area (Å²) in [6.45, 7) is 4.40. The predicted octanol–water partition coefficient (Wildman–Crippen LogP) is -1.28. The summed E-state index contributed by atoms with van der Waals surface area (Å²) >= 11 is 0. The van der Waals surface area contributed by atoms with E-state index in [-0.39, 0.29) is 35.6 Å². The van der Waals surface area contributed by atoms with Gasteiger partial charge in [0.2, 0.25) is 0 Å². The first-order valence-corrected chi connectivity index (χ1v) is 6.28. The second-order valence-electron chi connectivity index (χ2n) is 4.09. The molecule has 0 N–H and O–H groups in total. The molecule has 0 bridgehead atoms. The molecule has 0 spiro atoms. The van der Waals surface area contributed by atoms with Crippen LogP contribution in [0.25, 0.3) is 0 Å². The molecule has 0 radical (unpaired) electrons. The second kappa shape index (κ2) is 15.5. The van der Waals surface area contributed by atoms with Gasteiger partial charge in [0.25, 0.3) is 0 Å². The minimum atomic E-state index is 0. The molecule has 0 amide bonds. The van der Waals surface area contributed by atoms with E-state index in [1.165, 1.54) is 36.8 Å². The molecule has 0 aliphatic rings. The van der Waals surface area contributed by atoms with Gasteiger partial charge in [-0.1, -0.05) is 39.5 Å². The Bertz CT molecular complexity index is 302. The third-order valence-electron chi connectivity index (χ3n) is 2.54. The summed E-state index contributed by atoms with van der Waals surface area (Å²) in [6.07, 6.45) is 4.97. The Morgan fingerprint density at radius 2 is 0.895 bits per heavy atom. The van der Waals surface area contributed by atoms with Gasteiger partial charge >= 0.3 is 26.2 Å². The number of hydrogen-bond donors (Lipinski definition) is 0. The van der Waals surface area contributed by atoms with E-state index in [1.54, 1.807) is 0 Å². The fraction of sp³-hybridized carbons (Fsp3) is 0.375. The molecule has 2 aromatic carbocycles. The largest absolute Gasteiger partial charge is 4.00 e. The van der Waals surface area contributed by atoms with Gasteiger partial charge in [-0.05, 0) is 0 Å². The standard InChI is InChI=1S/2C8H11.2FH.Zr/c2*1-2-5-8-6-3-4-7-8;;;/h2*3-4,6-7H,2,5H2,1H3;2*1H;/q2*-1;;;+4/p-2. The SMILES string of the molecule is CCC[c-]1cccc1.CCC[c-]1cccc1.[F-].[F-].[Zr+4]. The number of hydrogen-bond acceptors (Lipinski definition) is 0. The van der Waals surface area contributed by atoms with E-state index in [2.05, 4.69) is 62.4 Å². The van der Waals surface area contributed by atoms with Crippen LogP contribution in [0.4, 0.5) is 0 Å². The zero-order valence-corrected chi connectivity index (χ0v) is 14.2. The first kappa shape index (κ1) is 23.5. The van der Waals surface area contributed by atoms with Crippen LogP contribution >= 0.6 is 0 Å². The predicted molar refractivity (Wildman–Crippen MR) is 72.1 cm³/mol. The molecule has 0 aliphatic heterocycles. The summed E-state index contributed by atoms with van der Waals surface area (Å²) in [6, 6.07) is 17.0. The number of rotatable bonds is 4. The molecule has 0 atom stereocenters. The van der Waals surface area contributed by atoms with Crippen molar-refractivity contribution in [2.24, 2.45) is 0 Å². The Morgan fingerprint density at radius 1 is 0.632 bits per heavy atom. The van der Waals surface area contributed by atoms with Crippen LogP contribution in [0.5, 0.6) is 0 Å². The van der Waals surface area contributed by atoms with E-state index in [0.29, 0.717) is 0 Å². The minimum Gasteiger partial charge on any atom is -1.00 e. The van der Waals surface area contributed by atoms with Crippen molar-refractivity contribution in [1.29, 1.82) is 0 Å². The van der Waals surface area contributed by atoms with E-state index in [4.69, 9.17) is 0 Å². The average Bonchev–Trinajstić information content (AvgIpc) is 2.92. The van der Waals surface area contributed by atoms with Crippen LogP contribution in [0.3, 0.4) is 0 Å². The van der Waals surface area contributed by atoms with Crippen molar-refractivity contribution in [3.8, 4) is 0 Å². The van der Waals surface area contributed by atoms with Gasteiger partial charge in [-0.2, -0.15) is 35.4 Å². The van der Waals surface area contributed by atoms with Gasteiger partial charge in [0.1, 0.15) is 0 Å². The molecular formula is C16H22F2Zr. The summed E-state index contributed by atoms with van der Waals surface area (Å²) in [7, 11) is 0. The van der Waals surface area contributed by atoms with Crippen molar-refractivity contribution in [2.45, 2.75) is 39.5 Å². The van der Waals surface area contributed by atoms with Crippen molar-refractivity contribution >= 4 is 0 Å². The molecule has 0 saturated carbocycles. The Kier molecular flexibility index (Phi) is 19.2. The van der Waals surface area contributed by atoms with Crippen LogP contribution in [0.2, 0.25) is 0 Å². The molecular weight excluding hydrogens is 321 g/mol. The fourth-order valence-corrected chi connectivity index (χ4v) is 1.74. The van der Waals surface area contributed by atoms with Gasteiger partial charge in [0.05, 0.1) is 0 Å². The smallest absolute Gasteiger partial charge is 1.00 e. The van der Waals surface area contributed by atoms with Gasteiger partial charge in [-0.25, -0.2) is 24.3 Å². The maximum atomic E-state index is 2.20. The normalized spacial score (nSPS) is 8.11. The molecule has 0 nitrogen and oxygen atoms in total. The third kappa shape index (κ3) is 11.0. The first-order valence-electron chi connectivity index (χ1n) is 6.28. The maximum Gasteiger partial charge on any atom is 4.00 e. The van der Waals surface area contributed by atoms with E-state index < -0.39 is 0 Å². The third-order valence-corrected chi connectivity index (χ3v) is 2.54. The van der Waals surface area contributed by atoms with Gasteiger partial charge in [-0.3, -0.25) is 0 Å². The van der Waals surface area contributed by atoms with Crippen LogP contribution in [-0.4, -0.2) is 0 Å². The number of aryl methyl sites for hydroxylation is 2. The zero-order chi connectivity index (χ0) is 11.6. The Morgan fingerprint density at radius 3 is 1.11 bits per heavy atom. The van der Waals surface area contributed by atoms with Gasteiger partial charge in [0, 0.05) is 0 Å². The maximum absolute atomic E-state index is 2.20. The quantitative estimate of drug-likeness (QED) is 0.607. The van der Waals surface area contributed by atoms with Gasteiger partial charge in [-0.15, -0.1) is 0 Å². The second-order valence-corrected chi connectivity index (χ2v) is 4.09. The molecule has 0 fully saturated rings. The monoisotopic (exact) mass is 342 g/mol. The summed E-state index contributed by atoms with van der Waals surface area (Å²) in [4.78, 5) is 0. The van der Waals surface area contributed by atoms with Gasteiger partial charge in [0.15, 0.2) is 0 Å². The van der Waals surface area contributed by atoms with E-state index in [1.807, 2.05) is 0 Å². The first-order chi connectivity index (χ1) is 7.86. The van der Waals surface area contributed by atoms with E-state index >= 15 is 0 Å². The molecule has 2 aromatic rings. The Balaban J connectivity index is -0.000000233. The Labute approximate surface area is 134 Å². The number of halogens is 2. The topological polar surface area (TPSA) is 0 Å². The molecule has 0 saturated heterocycles. The van der Waals surface area contributed by atoms with Crippen molar-refractivity contribution in [2.75, 3.05) is 0 Å². The summed E-state index contributed by atoms with van der Waals surface area (Å²) in [5, 5.41) is 0.